The highest BCUT2D eigenvalue weighted by atomic mass is 16.6. The fourth-order valence-electron chi connectivity index (χ4n) is 6.71. The molecule has 3 aliphatic rings. The molecule has 210 valence electrons. The summed E-state index contributed by atoms with van der Waals surface area (Å²) in [5.41, 5.74) is -2.38. The Labute approximate surface area is 219 Å². The van der Waals surface area contributed by atoms with Gasteiger partial charge in [-0.25, -0.2) is 0 Å². The number of esters is 3. The van der Waals surface area contributed by atoms with Crippen LogP contribution < -0.4 is 0 Å². The molecule has 0 aromatic rings. The van der Waals surface area contributed by atoms with Crippen LogP contribution in [0.4, 0.5) is 0 Å². The Bertz CT molecular complexity index is 896. The van der Waals surface area contributed by atoms with Crippen LogP contribution in [0.3, 0.4) is 0 Å². The Kier molecular flexibility index (Phi) is 8.82. The largest absolute Gasteiger partial charge is 0.459 e. The summed E-state index contributed by atoms with van der Waals surface area (Å²) in [7, 11) is 0. The molecule has 3 rings (SSSR count). The summed E-state index contributed by atoms with van der Waals surface area (Å²) in [4.78, 5) is 36.6. The molecule has 0 radical (unpaired) electrons. The standard InChI is InChI=1S/C28H44O9/c1-9-10-21(31)37-27(7)12-11-20(35-17(6)30)28(8,33)25(32)24-22-15(4)19(34-16(5)29)13-18(14(2)3)23(22)26(27)36-24/h14,18-20,22-26,32-33H,4,9-13H2,1-3,5-8H3. The zero-order valence-electron chi connectivity index (χ0n) is 23.2. The lowest BCUT2D eigenvalue weighted by Gasteiger charge is -2.48. The quantitative estimate of drug-likeness (QED) is 0.306. The third kappa shape index (κ3) is 5.73. The average molecular weight is 525 g/mol. The molecule has 1 aliphatic carbocycles. The van der Waals surface area contributed by atoms with Crippen molar-refractivity contribution in [1.29, 1.82) is 0 Å². The number of aliphatic hydroxyl groups is 2. The zero-order chi connectivity index (χ0) is 27.9. The first kappa shape index (κ1) is 29.6. The van der Waals surface area contributed by atoms with Gasteiger partial charge in [0.15, 0.2) is 0 Å². The summed E-state index contributed by atoms with van der Waals surface area (Å²) in [6, 6.07) is 0. The Morgan fingerprint density at radius 3 is 2.32 bits per heavy atom. The molecular formula is C28H44O9. The van der Waals surface area contributed by atoms with Crippen molar-refractivity contribution in [2.24, 2.45) is 23.7 Å². The number of carbonyl (C=O) groups excluding carboxylic acids is 3. The van der Waals surface area contributed by atoms with Crippen molar-refractivity contribution in [3.63, 3.8) is 0 Å². The van der Waals surface area contributed by atoms with Crippen LogP contribution in [-0.4, -0.2) is 69.8 Å². The van der Waals surface area contributed by atoms with Gasteiger partial charge in [0.2, 0.25) is 0 Å². The molecule has 9 heteroatoms. The van der Waals surface area contributed by atoms with Crippen molar-refractivity contribution in [1.82, 2.24) is 0 Å². The fourth-order valence-corrected chi connectivity index (χ4v) is 6.71. The van der Waals surface area contributed by atoms with Crippen molar-refractivity contribution < 1.29 is 43.5 Å². The maximum atomic E-state index is 12.8. The molecule has 9 nitrogen and oxygen atoms in total. The van der Waals surface area contributed by atoms with E-state index in [4.69, 9.17) is 18.9 Å². The van der Waals surface area contributed by atoms with Gasteiger partial charge in [0.25, 0.3) is 0 Å². The maximum absolute atomic E-state index is 12.8. The van der Waals surface area contributed by atoms with Crippen molar-refractivity contribution in [2.75, 3.05) is 0 Å². The molecule has 0 amide bonds. The van der Waals surface area contributed by atoms with Crippen LogP contribution >= 0.6 is 0 Å². The van der Waals surface area contributed by atoms with E-state index in [0.29, 0.717) is 18.4 Å². The third-order valence-electron chi connectivity index (χ3n) is 8.58. The number of rotatable bonds is 6. The first-order valence-corrected chi connectivity index (χ1v) is 13.4. The fraction of sp³-hybridized carbons (Fsp3) is 0.821. The Morgan fingerprint density at radius 2 is 1.78 bits per heavy atom. The van der Waals surface area contributed by atoms with E-state index in [1.165, 1.54) is 20.8 Å². The summed E-state index contributed by atoms with van der Waals surface area (Å²) >= 11 is 0. The number of aliphatic hydroxyl groups excluding tert-OH is 1. The molecule has 0 aromatic carbocycles. The zero-order valence-corrected chi connectivity index (χ0v) is 23.2. The first-order valence-electron chi connectivity index (χ1n) is 13.4. The summed E-state index contributed by atoms with van der Waals surface area (Å²) in [5.74, 6) is -1.92. The second-order valence-corrected chi connectivity index (χ2v) is 11.8. The number of ether oxygens (including phenoxy) is 4. The van der Waals surface area contributed by atoms with Crippen LogP contribution in [0.15, 0.2) is 12.2 Å². The molecule has 3 fully saturated rings. The molecule has 2 N–H and O–H groups in total. The summed E-state index contributed by atoms with van der Waals surface area (Å²) in [6.45, 7) is 16.2. The van der Waals surface area contributed by atoms with E-state index in [-0.39, 0.29) is 43.0 Å². The maximum Gasteiger partial charge on any atom is 0.306 e. The molecule has 2 bridgehead atoms. The van der Waals surface area contributed by atoms with Gasteiger partial charge in [-0.1, -0.05) is 27.4 Å². The van der Waals surface area contributed by atoms with E-state index >= 15 is 0 Å². The average Bonchev–Trinajstić information content (AvgIpc) is 3.18. The minimum absolute atomic E-state index is 0.0000979. The van der Waals surface area contributed by atoms with E-state index in [0.717, 1.165) is 0 Å². The third-order valence-corrected chi connectivity index (χ3v) is 8.58. The smallest absolute Gasteiger partial charge is 0.306 e. The van der Waals surface area contributed by atoms with Gasteiger partial charge in [-0.15, -0.1) is 0 Å². The van der Waals surface area contributed by atoms with E-state index in [1.807, 2.05) is 13.8 Å². The van der Waals surface area contributed by atoms with Gasteiger partial charge >= 0.3 is 17.9 Å². The normalized spacial score (nSPS) is 41.7. The second kappa shape index (κ2) is 11.0. The summed E-state index contributed by atoms with van der Waals surface area (Å²) < 4.78 is 23.8. The van der Waals surface area contributed by atoms with Crippen LogP contribution in [0.2, 0.25) is 0 Å². The van der Waals surface area contributed by atoms with Gasteiger partial charge in [0.05, 0.1) is 6.10 Å². The van der Waals surface area contributed by atoms with Gasteiger partial charge in [0, 0.05) is 32.1 Å². The van der Waals surface area contributed by atoms with E-state index in [1.54, 1.807) is 0 Å². The Balaban J connectivity index is 2.16. The van der Waals surface area contributed by atoms with Crippen molar-refractivity contribution in [3.8, 4) is 0 Å². The molecule has 0 spiro atoms. The highest BCUT2D eigenvalue weighted by Crippen LogP contribution is 2.56. The van der Waals surface area contributed by atoms with Crippen LogP contribution in [0.1, 0.15) is 80.6 Å². The topological polar surface area (TPSA) is 129 Å². The van der Waals surface area contributed by atoms with Crippen molar-refractivity contribution in [3.05, 3.63) is 12.2 Å². The molecule has 1 saturated carbocycles. The number of fused-ring (bicyclic) bond motifs is 5. The molecule has 10 atom stereocenters. The number of carbonyl (C=O) groups is 3. The number of hydrogen-bond acceptors (Lipinski definition) is 9. The first-order chi connectivity index (χ1) is 17.1. The SMILES string of the molecule is C=C1C(OC(C)=O)CC(C(C)C)C2C1C1OC2C(C)(OC(=O)CCC)CCC(OC(C)=O)C(C)(O)C1O. The minimum atomic E-state index is -1.86. The number of hydrogen-bond donors (Lipinski definition) is 2. The predicted molar refractivity (Wildman–Crippen MR) is 134 cm³/mol. The molecule has 0 aromatic heterocycles. The lowest BCUT2D eigenvalue weighted by molar-refractivity contribution is -0.197. The highest BCUT2D eigenvalue weighted by Gasteiger charge is 2.64. The van der Waals surface area contributed by atoms with Gasteiger partial charge in [-0.05, 0) is 56.9 Å². The Morgan fingerprint density at radius 1 is 1.16 bits per heavy atom. The van der Waals surface area contributed by atoms with E-state index < -0.39 is 59.6 Å². The Hall–Kier alpha value is -1.97. The second-order valence-electron chi connectivity index (χ2n) is 11.8. The van der Waals surface area contributed by atoms with E-state index in [2.05, 4.69) is 20.4 Å². The van der Waals surface area contributed by atoms with Crippen LogP contribution in [0.25, 0.3) is 0 Å². The van der Waals surface area contributed by atoms with Gasteiger partial charge in [0.1, 0.15) is 35.6 Å². The van der Waals surface area contributed by atoms with Gasteiger partial charge in [-0.3, -0.25) is 14.4 Å². The summed E-state index contributed by atoms with van der Waals surface area (Å²) in [6.07, 6.45) is -2.86. The molecular weight excluding hydrogens is 480 g/mol. The molecule has 2 saturated heterocycles. The monoisotopic (exact) mass is 524 g/mol. The molecule has 2 aliphatic heterocycles. The van der Waals surface area contributed by atoms with Gasteiger partial charge < -0.3 is 29.2 Å². The van der Waals surface area contributed by atoms with Crippen LogP contribution in [0.5, 0.6) is 0 Å². The van der Waals surface area contributed by atoms with Crippen molar-refractivity contribution in [2.45, 2.75) is 122 Å². The van der Waals surface area contributed by atoms with E-state index in [9.17, 15) is 24.6 Å². The predicted octanol–water partition coefficient (Wildman–Crippen LogP) is 3.09. The minimum Gasteiger partial charge on any atom is -0.459 e. The lowest BCUT2D eigenvalue weighted by Crippen LogP contribution is -2.59. The molecule has 2 heterocycles. The molecule has 37 heavy (non-hydrogen) atoms. The highest BCUT2D eigenvalue weighted by molar-refractivity contribution is 5.70. The van der Waals surface area contributed by atoms with Crippen LogP contribution in [-0.2, 0) is 33.3 Å². The van der Waals surface area contributed by atoms with Gasteiger partial charge in [-0.2, -0.15) is 0 Å². The lowest BCUT2D eigenvalue weighted by atomic mass is 9.59. The summed E-state index contributed by atoms with van der Waals surface area (Å²) in [5, 5.41) is 23.2. The molecule has 10 unspecified atom stereocenters. The van der Waals surface area contributed by atoms with Crippen molar-refractivity contribution >= 4 is 17.9 Å². The van der Waals surface area contributed by atoms with Crippen LogP contribution in [0, 0.1) is 23.7 Å².